The van der Waals surface area contributed by atoms with Crippen molar-refractivity contribution < 1.29 is 9.90 Å². The summed E-state index contributed by atoms with van der Waals surface area (Å²) in [6.07, 6.45) is 0.850. The Morgan fingerprint density at radius 1 is 1.50 bits per heavy atom. The van der Waals surface area contributed by atoms with Gasteiger partial charge in [0.1, 0.15) is 6.10 Å². The van der Waals surface area contributed by atoms with Crippen molar-refractivity contribution in [2.24, 2.45) is 0 Å². The highest BCUT2D eigenvalue weighted by Crippen LogP contribution is 2.05. The molecule has 0 radical (unpaired) electrons. The number of hydrogen-bond acceptors (Lipinski definition) is 2. The van der Waals surface area contributed by atoms with Crippen LogP contribution in [0.2, 0.25) is 0 Å². The first-order valence-electron chi connectivity index (χ1n) is 5.23. The topological polar surface area (TPSA) is 40.5 Å². The number of hydrogen-bond donors (Lipinski definition) is 1. The molecule has 1 atom stereocenters. The molecule has 3 nitrogen and oxygen atoms in total. The number of benzene rings is 1. The molecule has 0 spiro atoms. The van der Waals surface area contributed by atoms with E-state index in [-0.39, 0.29) is 12.3 Å². The van der Waals surface area contributed by atoms with Crippen molar-refractivity contribution in [2.45, 2.75) is 19.1 Å². The Hall–Kier alpha value is -1.61. The Bertz CT molecular complexity index is 348. The van der Waals surface area contributed by atoms with E-state index in [9.17, 15) is 9.90 Å². The SMILES string of the molecule is C=CC[C@@H](O)C(=O)N(C)Cc1ccccc1. The number of aliphatic hydroxyl groups excluding tert-OH is 1. The molecule has 0 heterocycles. The number of likely N-dealkylation sites (N-methyl/N-ethyl adjacent to an activating group) is 1. The van der Waals surface area contributed by atoms with Crippen LogP contribution < -0.4 is 0 Å². The Labute approximate surface area is 96.0 Å². The monoisotopic (exact) mass is 219 g/mol. The maximum Gasteiger partial charge on any atom is 0.251 e. The number of rotatable bonds is 5. The fourth-order valence-corrected chi connectivity index (χ4v) is 1.45. The Morgan fingerprint density at radius 3 is 2.69 bits per heavy atom. The normalized spacial score (nSPS) is 11.9. The molecule has 86 valence electrons. The van der Waals surface area contributed by atoms with Crippen LogP contribution in [0.4, 0.5) is 0 Å². The van der Waals surface area contributed by atoms with E-state index in [0.29, 0.717) is 6.54 Å². The van der Waals surface area contributed by atoms with Gasteiger partial charge in [-0.2, -0.15) is 0 Å². The smallest absolute Gasteiger partial charge is 0.251 e. The highest BCUT2D eigenvalue weighted by molar-refractivity contribution is 5.80. The Balaban J connectivity index is 2.55. The van der Waals surface area contributed by atoms with Crippen LogP contribution >= 0.6 is 0 Å². The molecule has 1 amide bonds. The van der Waals surface area contributed by atoms with Crippen LogP contribution in [-0.4, -0.2) is 29.1 Å². The molecule has 0 saturated carbocycles. The summed E-state index contributed by atoms with van der Waals surface area (Å²) in [5.74, 6) is -0.274. The van der Waals surface area contributed by atoms with Gasteiger partial charge in [-0.25, -0.2) is 0 Å². The van der Waals surface area contributed by atoms with Gasteiger partial charge in [0.05, 0.1) is 0 Å². The van der Waals surface area contributed by atoms with Crippen LogP contribution in [0.5, 0.6) is 0 Å². The molecule has 1 aromatic rings. The summed E-state index contributed by atoms with van der Waals surface area (Å²) in [6, 6.07) is 9.67. The lowest BCUT2D eigenvalue weighted by molar-refractivity contribution is -0.139. The second-order valence-corrected chi connectivity index (χ2v) is 3.72. The summed E-state index contributed by atoms with van der Waals surface area (Å²) in [5, 5.41) is 9.50. The van der Waals surface area contributed by atoms with Gasteiger partial charge in [0.15, 0.2) is 0 Å². The average Bonchev–Trinajstić information content (AvgIpc) is 2.29. The summed E-state index contributed by atoms with van der Waals surface area (Å²) in [7, 11) is 1.68. The predicted molar refractivity (Wildman–Crippen MR) is 63.7 cm³/mol. The second-order valence-electron chi connectivity index (χ2n) is 3.72. The summed E-state index contributed by atoms with van der Waals surface area (Å²) in [5.41, 5.74) is 1.05. The number of carbonyl (C=O) groups excluding carboxylic acids is 1. The minimum atomic E-state index is -0.980. The minimum Gasteiger partial charge on any atom is -0.383 e. The summed E-state index contributed by atoms with van der Waals surface area (Å²) in [6.45, 7) is 4.00. The first kappa shape index (κ1) is 12.5. The predicted octanol–water partition coefficient (Wildman–Crippen LogP) is 1.58. The van der Waals surface area contributed by atoms with Gasteiger partial charge < -0.3 is 10.0 Å². The fourth-order valence-electron chi connectivity index (χ4n) is 1.45. The van der Waals surface area contributed by atoms with Crippen molar-refractivity contribution in [1.29, 1.82) is 0 Å². The average molecular weight is 219 g/mol. The molecule has 0 aliphatic rings. The van der Waals surface area contributed by atoms with E-state index in [1.165, 1.54) is 4.90 Å². The maximum absolute atomic E-state index is 11.7. The van der Waals surface area contributed by atoms with Gasteiger partial charge in [-0.15, -0.1) is 6.58 Å². The highest BCUT2D eigenvalue weighted by atomic mass is 16.3. The minimum absolute atomic E-state index is 0.274. The molecule has 0 aromatic heterocycles. The number of aliphatic hydroxyl groups is 1. The van der Waals surface area contributed by atoms with Crippen molar-refractivity contribution >= 4 is 5.91 Å². The maximum atomic E-state index is 11.7. The van der Waals surface area contributed by atoms with Gasteiger partial charge in [-0.05, 0) is 5.56 Å². The first-order valence-corrected chi connectivity index (χ1v) is 5.23. The standard InChI is InChI=1S/C13H17NO2/c1-3-7-12(15)13(16)14(2)10-11-8-5-4-6-9-11/h3-6,8-9,12,15H,1,7,10H2,2H3/t12-/m1/s1. The summed E-state index contributed by atoms with van der Waals surface area (Å²) < 4.78 is 0. The molecule has 1 rings (SSSR count). The van der Waals surface area contributed by atoms with Crippen molar-refractivity contribution in [3.05, 3.63) is 48.6 Å². The molecule has 0 unspecified atom stereocenters. The van der Waals surface area contributed by atoms with Crippen LogP contribution in [0.1, 0.15) is 12.0 Å². The van der Waals surface area contributed by atoms with Crippen molar-refractivity contribution in [3.63, 3.8) is 0 Å². The lowest BCUT2D eigenvalue weighted by atomic mass is 10.2. The van der Waals surface area contributed by atoms with Gasteiger partial charge in [0.25, 0.3) is 5.91 Å². The largest absolute Gasteiger partial charge is 0.383 e. The Kier molecular flexibility index (Phi) is 4.73. The van der Waals surface area contributed by atoms with E-state index in [1.54, 1.807) is 13.1 Å². The third kappa shape index (κ3) is 3.51. The van der Waals surface area contributed by atoms with E-state index in [0.717, 1.165) is 5.56 Å². The molecule has 1 N–H and O–H groups in total. The van der Waals surface area contributed by atoms with E-state index in [4.69, 9.17) is 0 Å². The van der Waals surface area contributed by atoms with Crippen molar-refractivity contribution in [1.82, 2.24) is 4.90 Å². The van der Waals surface area contributed by atoms with Crippen molar-refractivity contribution in [2.75, 3.05) is 7.05 Å². The highest BCUT2D eigenvalue weighted by Gasteiger charge is 2.17. The summed E-state index contributed by atoms with van der Waals surface area (Å²) >= 11 is 0. The van der Waals surface area contributed by atoms with Gasteiger partial charge in [0, 0.05) is 20.0 Å². The molecular weight excluding hydrogens is 202 g/mol. The van der Waals surface area contributed by atoms with E-state index < -0.39 is 6.10 Å². The quantitative estimate of drug-likeness (QED) is 0.764. The molecule has 0 aliphatic heterocycles. The Morgan fingerprint density at radius 2 is 2.12 bits per heavy atom. The van der Waals surface area contributed by atoms with E-state index in [1.807, 2.05) is 30.3 Å². The molecular formula is C13H17NO2. The molecule has 0 saturated heterocycles. The molecule has 1 aromatic carbocycles. The van der Waals surface area contributed by atoms with Crippen LogP contribution in [-0.2, 0) is 11.3 Å². The van der Waals surface area contributed by atoms with Gasteiger partial charge >= 0.3 is 0 Å². The zero-order chi connectivity index (χ0) is 12.0. The zero-order valence-electron chi connectivity index (χ0n) is 9.47. The van der Waals surface area contributed by atoms with Crippen LogP contribution in [0.15, 0.2) is 43.0 Å². The number of nitrogens with zero attached hydrogens (tertiary/aromatic N) is 1. The lowest BCUT2D eigenvalue weighted by Crippen LogP contribution is -2.35. The zero-order valence-corrected chi connectivity index (χ0v) is 9.47. The molecule has 16 heavy (non-hydrogen) atoms. The second kappa shape index (κ2) is 6.08. The van der Waals surface area contributed by atoms with Crippen LogP contribution in [0.25, 0.3) is 0 Å². The van der Waals surface area contributed by atoms with Crippen LogP contribution in [0.3, 0.4) is 0 Å². The first-order chi connectivity index (χ1) is 7.65. The number of carbonyl (C=O) groups is 1. The molecule has 0 fully saturated rings. The fraction of sp³-hybridized carbons (Fsp3) is 0.308. The third-order valence-electron chi connectivity index (χ3n) is 2.31. The summed E-state index contributed by atoms with van der Waals surface area (Å²) in [4.78, 5) is 13.2. The van der Waals surface area contributed by atoms with Gasteiger partial charge in [0.2, 0.25) is 0 Å². The third-order valence-corrected chi connectivity index (χ3v) is 2.31. The van der Waals surface area contributed by atoms with Crippen molar-refractivity contribution in [3.8, 4) is 0 Å². The van der Waals surface area contributed by atoms with E-state index in [2.05, 4.69) is 6.58 Å². The lowest BCUT2D eigenvalue weighted by Gasteiger charge is -2.20. The molecule has 3 heteroatoms. The van der Waals surface area contributed by atoms with Gasteiger partial charge in [-0.3, -0.25) is 4.79 Å². The van der Waals surface area contributed by atoms with Gasteiger partial charge in [-0.1, -0.05) is 36.4 Å². The van der Waals surface area contributed by atoms with E-state index >= 15 is 0 Å². The molecule has 0 bridgehead atoms. The number of amides is 1. The van der Waals surface area contributed by atoms with Crippen LogP contribution in [0, 0.1) is 0 Å². The molecule has 0 aliphatic carbocycles.